The first kappa shape index (κ1) is 14.8. The molecule has 1 heterocycles. The fourth-order valence-corrected chi connectivity index (χ4v) is 4.85. The summed E-state index contributed by atoms with van der Waals surface area (Å²) < 4.78 is 2.49. The molecule has 1 aromatic carbocycles. The second kappa shape index (κ2) is 7.27. The lowest BCUT2D eigenvalue weighted by Crippen LogP contribution is -2.35. The molecule has 0 saturated carbocycles. The maximum atomic E-state index is 4.73. The lowest BCUT2D eigenvalue weighted by atomic mass is 10.1. The van der Waals surface area contributed by atoms with Gasteiger partial charge in [-0.2, -0.15) is 0 Å². The number of thioether (sulfide) groups is 1. The van der Waals surface area contributed by atoms with Gasteiger partial charge in [0.05, 0.1) is 10.2 Å². The minimum Gasteiger partial charge on any atom is -0.316 e. The van der Waals surface area contributed by atoms with Gasteiger partial charge < -0.3 is 5.32 Å². The summed E-state index contributed by atoms with van der Waals surface area (Å²) in [7, 11) is 2.07. The van der Waals surface area contributed by atoms with Crippen molar-refractivity contribution in [3.8, 4) is 0 Å². The highest BCUT2D eigenvalue weighted by atomic mass is 32.2. The molecule has 2 aromatic rings. The number of hydrogen-bond donors (Lipinski definition) is 1. The molecular formula is C15H22N2S2. The van der Waals surface area contributed by atoms with Gasteiger partial charge in [0.2, 0.25) is 0 Å². The molecule has 2 nitrogen and oxygen atoms in total. The van der Waals surface area contributed by atoms with Crippen molar-refractivity contribution in [3.05, 3.63) is 24.3 Å². The molecular weight excluding hydrogens is 272 g/mol. The topological polar surface area (TPSA) is 24.9 Å². The summed E-state index contributed by atoms with van der Waals surface area (Å²) in [6.07, 6.45) is 3.63. The normalized spacial score (nSPS) is 14.7. The third-order valence-corrected chi connectivity index (χ3v) is 5.98. The monoisotopic (exact) mass is 294 g/mol. The van der Waals surface area contributed by atoms with Gasteiger partial charge in [-0.15, -0.1) is 11.3 Å². The number of nitrogens with zero attached hydrogens (tertiary/aromatic N) is 1. The highest BCUT2D eigenvalue weighted by molar-refractivity contribution is 8.01. The number of thiazole rings is 1. The van der Waals surface area contributed by atoms with Gasteiger partial charge in [0.15, 0.2) is 4.34 Å². The second-order valence-electron chi connectivity index (χ2n) is 4.70. The summed E-state index contributed by atoms with van der Waals surface area (Å²) in [6, 6.07) is 8.96. The SMILES string of the molecule is CCCC(NC)C(CC)Sc1nc2ccccc2s1. The Bertz CT molecular complexity index is 477. The summed E-state index contributed by atoms with van der Waals surface area (Å²) in [5, 5.41) is 4.07. The fourth-order valence-electron chi connectivity index (χ4n) is 2.31. The standard InChI is InChI=1S/C15H22N2S2/c1-4-8-11(16-3)13(5-2)18-15-17-12-9-6-7-10-14(12)19-15/h6-7,9-11,13,16H,4-5,8H2,1-3H3. The zero-order valence-corrected chi connectivity index (χ0v) is 13.5. The zero-order valence-electron chi connectivity index (χ0n) is 11.8. The average Bonchev–Trinajstić information content (AvgIpc) is 2.85. The molecule has 2 atom stereocenters. The number of hydrogen-bond acceptors (Lipinski definition) is 4. The highest BCUT2D eigenvalue weighted by Crippen LogP contribution is 2.34. The van der Waals surface area contributed by atoms with Crippen molar-refractivity contribution in [3.63, 3.8) is 0 Å². The number of para-hydroxylation sites is 1. The fraction of sp³-hybridized carbons (Fsp3) is 0.533. The summed E-state index contributed by atoms with van der Waals surface area (Å²) in [4.78, 5) is 4.73. The van der Waals surface area contributed by atoms with E-state index in [9.17, 15) is 0 Å². The van der Waals surface area contributed by atoms with Gasteiger partial charge in [-0.3, -0.25) is 0 Å². The first-order valence-corrected chi connectivity index (χ1v) is 8.67. The molecule has 0 radical (unpaired) electrons. The average molecular weight is 294 g/mol. The van der Waals surface area contributed by atoms with Crippen molar-refractivity contribution < 1.29 is 0 Å². The predicted octanol–water partition coefficient (Wildman–Crippen LogP) is 4.56. The molecule has 19 heavy (non-hydrogen) atoms. The molecule has 1 N–H and O–H groups in total. The van der Waals surface area contributed by atoms with Gasteiger partial charge in [-0.1, -0.05) is 44.2 Å². The molecule has 0 amide bonds. The van der Waals surface area contributed by atoms with Crippen LogP contribution in [0.15, 0.2) is 28.6 Å². The van der Waals surface area contributed by atoms with Crippen LogP contribution in [0.5, 0.6) is 0 Å². The molecule has 0 bridgehead atoms. The molecule has 0 aliphatic rings. The van der Waals surface area contributed by atoms with Crippen LogP contribution in [-0.4, -0.2) is 23.3 Å². The van der Waals surface area contributed by atoms with Crippen molar-refractivity contribution in [2.45, 2.75) is 48.7 Å². The lowest BCUT2D eigenvalue weighted by molar-refractivity contribution is 0.490. The first-order chi connectivity index (χ1) is 9.28. The zero-order chi connectivity index (χ0) is 13.7. The molecule has 2 rings (SSSR count). The van der Waals surface area contributed by atoms with Gasteiger partial charge in [-0.05, 0) is 32.0 Å². The molecule has 0 spiro atoms. The van der Waals surface area contributed by atoms with Crippen LogP contribution in [0.4, 0.5) is 0 Å². The van der Waals surface area contributed by atoms with Crippen LogP contribution in [0.2, 0.25) is 0 Å². The van der Waals surface area contributed by atoms with Crippen molar-refractivity contribution in [1.29, 1.82) is 0 Å². The quantitative estimate of drug-likeness (QED) is 0.758. The Kier molecular flexibility index (Phi) is 5.67. The van der Waals surface area contributed by atoms with Crippen molar-refractivity contribution in [2.75, 3.05) is 7.05 Å². The predicted molar refractivity (Wildman–Crippen MR) is 87.3 cm³/mol. The molecule has 0 aliphatic carbocycles. The molecule has 0 aliphatic heterocycles. The number of rotatable bonds is 7. The molecule has 1 aromatic heterocycles. The summed E-state index contributed by atoms with van der Waals surface area (Å²) in [5.74, 6) is 0. The minimum absolute atomic E-state index is 0.576. The van der Waals surface area contributed by atoms with E-state index in [0.717, 1.165) is 5.52 Å². The Morgan fingerprint density at radius 1 is 1.32 bits per heavy atom. The van der Waals surface area contributed by atoms with E-state index in [1.807, 2.05) is 23.1 Å². The smallest absolute Gasteiger partial charge is 0.151 e. The van der Waals surface area contributed by atoms with Gasteiger partial charge >= 0.3 is 0 Å². The van der Waals surface area contributed by atoms with Crippen LogP contribution in [0.3, 0.4) is 0 Å². The minimum atomic E-state index is 0.576. The lowest BCUT2D eigenvalue weighted by Gasteiger charge is -2.24. The van der Waals surface area contributed by atoms with Gasteiger partial charge in [0.25, 0.3) is 0 Å². The second-order valence-corrected chi connectivity index (χ2v) is 7.21. The van der Waals surface area contributed by atoms with E-state index in [4.69, 9.17) is 4.98 Å². The molecule has 0 saturated heterocycles. The summed E-state index contributed by atoms with van der Waals surface area (Å²) in [5.41, 5.74) is 1.13. The van der Waals surface area contributed by atoms with E-state index >= 15 is 0 Å². The Labute approximate surface area is 124 Å². The number of aromatic nitrogens is 1. The van der Waals surface area contributed by atoms with Crippen molar-refractivity contribution in [1.82, 2.24) is 10.3 Å². The van der Waals surface area contributed by atoms with Crippen LogP contribution in [0.25, 0.3) is 10.2 Å². The largest absolute Gasteiger partial charge is 0.316 e. The van der Waals surface area contributed by atoms with Crippen molar-refractivity contribution in [2.24, 2.45) is 0 Å². The van der Waals surface area contributed by atoms with Gasteiger partial charge in [-0.25, -0.2) is 4.98 Å². The molecule has 104 valence electrons. The Morgan fingerprint density at radius 2 is 2.11 bits per heavy atom. The van der Waals surface area contributed by atoms with Crippen LogP contribution in [0, 0.1) is 0 Å². The van der Waals surface area contributed by atoms with Crippen LogP contribution in [-0.2, 0) is 0 Å². The van der Waals surface area contributed by atoms with E-state index in [1.54, 1.807) is 0 Å². The Balaban J connectivity index is 2.12. The Hall–Kier alpha value is -0.580. The van der Waals surface area contributed by atoms with E-state index < -0.39 is 0 Å². The van der Waals surface area contributed by atoms with Gasteiger partial charge in [0.1, 0.15) is 0 Å². The van der Waals surface area contributed by atoms with E-state index in [1.165, 1.54) is 28.3 Å². The van der Waals surface area contributed by atoms with Crippen LogP contribution >= 0.6 is 23.1 Å². The maximum Gasteiger partial charge on any atom is 0.151 e. The number of fused-ring (bicyclic) bond motifs is 1. The third kappa shape index (κ3) is 3.71. The number of benzene rings is 1. The summed E-state index contributed by atoms with van der Waals surface area (Å²) >= 11 is 3.74. The maximum absolute atomic E-state index is 4.73. The van der Waals surface area contributed by atoms with E-state index in [0.29, 0.717) is 11.3 Å². The molecule has 0 fully saturated rings. The highest BCUT2D eigenvalue weighted by Gasteiger charge is 2.20. The van der Waals surface area contributed by atoms with Gasteiger partial charge in [0, 0.05) is 11.3 Å². The van der Waals surface area contributed by atoms with E-state index in [2.05, 4.69) is 50.5 Å². The van der Waals surface area contributed by atoms with Crippen LogP contribution < -0.4 is 5.32 Å². The molecule has 4 heteroatoms. The van der Waals surface area contributed by atoms with Crippen molar-refractivity contribution >= 4 is 33.3 Å². The van der Waals surface area contributed by atoms with E-state index in [-0.39, 0.29) is 0 Å². The molecule has 2 unspecified atom stereocenters. The third-order valence-electron chi connectivity index (χ3n) is 3.35. The number of nitrogens with one attached hydrogen (secondary N) is 1. The van der Waals surface area contributed by atoms with Crippen LogP contribution in [0.1, 0.15) is 33.1 Å². The first-order valence-electron chi connectivity index (χ1n) is 6.98. The Morgan fingerprint density at radius 3 is 2.74 bits per heavy atom. The summed E-state index contributed by atoms with van der Waals surface area (Å²) in [6.45, 7) is 4.52.